The van der Waals surface area contributed by atoms with Gasteiger partial charge in [-0.3, -0.25) is 0 Å². The minimum absolute atomic E-state index is 1.17. The summed E-state index contributed by atoms with van der Waals surface area (Å²) in [6.45, 7) is 0. The average molecular weight is 926 g/mol. The van der Waals surface area contributed by atoms with Crippen LogP contribution in [-0.2, 0) is 0 Å². The first kappa shape index (κ1) is 52.7. The minimum atomic E-state index is -1.63. The Kier molecular flexibility index (Phi) is 33.1. The molecule has 0 nitrogen and oxygen atoms in total. The lowest BCUT2D eigenvalue weighted by Crippen LogP contribution is -2.46. The van der Waals surface area contributed by atoms with Crippen LogP contribution in [0.1, 0.15) is 0 Å². The van der Waals surface area contributed by atoms with Gasteiger partial charge in [-0.05, 0) is 0 Å². The molecular formula is C32H64Si17. The Balaban J connectivity index is 7.38. The molecule has 0 aliphatic heterocycles. The van der Waals surface area contributed by atoms with Crippen molar-refractivity contribution in [1.29, 1.82) is 0 Å². The molecule has 0 fully saturated rings. The molecule has 0 bridgehead atoms. The van der Waals surface area contributed by atoms with Crippen molar-refractivity contribution in [2.45, 2.75) is 193 Å². The third kappa shape index (κ3) is 20.1. The van der Waals surface area contributed by atoms with Gasteiger partial charge in [-0.2, -0.15) is 0 Å². The summed E-state index contributed by atoms with van der Waals surface area (Å²) < 4.78 is 0. The fourth-order valence-electron chi connectivity index (χ4n) is 9.05. The van der Waals surface area contributed by atoms with Gasteiger partial charge in [0.25, 0.3) is 0 Å². The third-order valence-corrected chi connectivity index (χ3v) is 49.8. The molecule has 0 saturated carbocycles. The van der Waals surface area contributed by atoms with Gasteiger partial charge in [0.15, 0.2) is 0 Å². The lowest BCUT2D eigenvalue weighted by atomic mass is 10.8. The van der Waals surface area contributed by atoms with E-state index in [0.717, 1.165) is 0 Å². The highest BCUT2D eigenvalue weighted by molar-refractivity contribution is 6.91. The Morgan fingerprint density at radius 1 is 0.143 bits per heavy atom. The van der Waals surface area contributed by atoms with Crippen molar-refractivity contribution in [3.8, 4) is 0 Å². The summed E-state index contributed by atoms with van der Waals surface area (Å²) in [6, 6.07) is 43.9. The van der Waals surface area contributed by atoms with Crippen molar-refractivity contribution in [2.75, 3.05) is 0 Å². The third-order valence-electron chi connectivity index (χ3n) is 12.6. The Hall–Kier alpha value is 3.69. The molecule has 36 radical (unpaired) electrons. The zero-order chi connectivity index (χ0) is 37.1. The highest BCUT2D eigenvalue weighted by Crippen LogP contribution is 2.46. The topological polar surface area (TPSA) is 0 Å². The summed E-state index contributed by atoms with van der Waals surface area (Å²) in [5.41, 5.74) is 0. The first-order chi connectivity index (χ1) is 23.6. The van der Waals surface area contributed by atoms with Crippen molar-refractivity contribution < 1.29 is 0 Å². The quantitative estimate of drug-likeness (QED) is 0.0556. The SMILES string of the molecule is [Si]CC[Si](CC[Si])(CC[Si])CC[Si](CC[Si](CC[Si])(CC[Si])CC[Si])(CC[Si](CC[Si])(CC[Si])CC[Si])CC[Si](CC[Si])(CC[Si])CC[Si]. The largest absolute Gasteiger partial charge is 0.0661 e. The van der Waals surface area contributed by atoms with Crippen LogP contribution in [-0.4, -0.2) is 163 Å². The number of hydrogen-bond donors (Lipinski definition) is 0. The predicted octanol–water partition coefficient (Wildman–Crippen LogP) is 8.27. The maximum absolute atomic E-state index is 4.02. The molecule has 0 amide bonds. The van der Waals surface area contributed by atoms with Crippen LogP contribution in [0, 0.1) is 0 Å². The summed E-state index contributed by atoms with van der Waals surface area (Å²) in [5.74, 6) is 0. The van der Waals surface area contributed by atoms with Gasteiger partial charge >= 0.3 is 0 Å². The standard InChI is InChI=1S/C32H64Si17/c33-1-13-45(14-2-34,15-3-35)25-29-49(30-26-46(16-4-36,17-5-37)18-6-38,31-27-47(19-7-39,20-8-40)21-9-41)32-28-48(22-10-42,23-11-43)24-12-44/h1-32H2. The van der Waals surface area contributed by atoms with E-state index >= 15 is 0 Å². The van der Waals surface area contributed by atoms with Crippen LogP contribution in [0.4, 0.5) is 0 Å². The molecule has 260 valence electrons. The highest BCUT2D eigenvalue weighted by Gasteiger charge is 2.44. The van der Waals surface area contributed by atoms with E-state index in [9.17, 15) is 0 Å². The van der Waals surface area contributed by atoms with Gasteiger partial charge in [0.2, 0.25) is 0 Å². The molecule has 0 heterocycles. The van der Waals surface area contributed by atoms with Crippen LogP contribution in [0.3, 0.4) is 0 Å². The number of hydrogen-bond acceptors (Lipinski definition) is 0. The van der Waals surface area contributed by atoms with E-state index in [1.54, 1.807) is 48.4 Å². The lowest BCUT2D eigenvalue weighted by Gasteiger charge is -2.44. The van der Waals surface area contributed by atoms with Gasteiger partial charge in [-0.25, -0.2) is 0 Å². The van der Waals surface area contributed by atoms with Crippen LogP contribution in [0.15, 0.2) is 0 Å². The van der Waals surface area contributed by atoms with Crippen molar-refractivity contribution in [1.82, 2.24) is 0 Å². The van der Waals surface area contributed by atoms with E-state index in [1.807, 2.05) is 0 Å². The first-order valence-corrected chi connectivity index (χ1v) is 41.9. The average Bonchev–Trinajstić information content (AvgIpc) is 3.06. The second-order valence-corrected chi connectivity index (χ2v) is 46.5. The molecule has 0 spiro atoms. The van der Waals surface area contributed by atoms with Gasteiger partial charge in [0.05, 0.1) is 40.4 Å². The zero-order valence-corrected chi connectivity index (χ0v) is 48.1. The van der Waals surface area contributed by atoms with Crippen LogP contribution in [0.2, 0.25) is 193 Å². The van der Waals surface area contributed by atoms with E-state index in [4.69, 9.17) is 0 Å². The summed E-state index contributed by atoms with van der Waals surface area (Å²) in [5, 5.41) is 0. The van der Waals surface area contributed by atoms with E-state index in [0.29, 0.717) is 0 Å². The van der Waals surface area contributed by atoms with Crippen LogP contribution in [0.25, 0.3) is 0 Å². The van der Waals surface area contributed by atoms with Gasteiger partial charge in [0, 0.05) is 123 Å². The van der Waals surface area contributed by atoms with Crippen LogP contribution in [0.5, 0.6) is 0 Å². The fraction of sp³-hybridized carbons (Fsp3) is 1.00. The molecule has 0 unspecified atom stereocenters. The Morgan fingerprint density at radius 3 is 0.306 bits per heavy atom. The molecule has 17 heteroatoms. The minimum Gasteiger partial charge on any atom is -0.0661 e. The Bertz CT molecular complexity index is 580. The normalized spacial score (nSPS) is 13.5. The van der Waals surface area contributed by atoms with Crippen molar-refractivity contribution in [2.24, 2.45) is 0 Å². The van der Waals surface area contributed by atoms with Gasteiger partial charge in [-0.1, -0.05) is 193 Å². The van der Waals surface area contributed by atoms with Crippen molar-refractivity contribution in [3.63, 3.8) is 0 Å². The summed E-state index contributed by atoms with van der Waals surface area (Å²) in [4.78, 5) is 0. The Labute approximate surface area is 353 Å². The van der Waals surface area contributed by atoms with E-state index < -0.39 is 40.4 Å². The molecular weight excluding hydrogens is 862 g/mol. The monoisotopic (exact) mass is 924 g/mol. The highest BCUT2D eigenvalue weighted by atomic mass is 28.3. The summed E-state index contributed by atoms with van der Waals surface area (Å²) >= 11 is 0. The van der Waals surface area contributed by atoms with Gasteiger partial charge in [-0.15, -0.1) is 0 Å². The van der Waals surface area contributed by atoms with Crippen LogP contribution >= 0.6 is 0 Å². The molecule has 0 aliphatic rings. The molecule has 0 atom stereocenters. The molecule has 49 heavy (non-hydrogen) atoms. The molecule has 0 saturated heterocycles. The molecule has 0 aromatic rings. The number of rotatable bonds is 36. The predicted molar refractivity (Wildman–Crippen MR) is 252 cm³/mol. The van der Waals surface area contributed by atoms with Gasteiger partial charge in [0.1, 0.15) is 0 Å². The molecule has 0 rings (SSSR count). The van der Waals surface area contributed by atoms with Gasteiger partial charge < -0.3 is 0 Å². The molecule has 0 aromatic carbocycles. The summed E-state index contributed by atoms with van der Waals surface area (Å²) in [7, 11) is 40.9. The maximum Gasteiger partial charge on any atom is 0.0524 e. The van der Waals surface area contributed by atoms with Crippen molar-refractivity contribution >= 4 is 163 Å². The molecule has 0 aromatic heterocycles. The molecule has 0 N–H and O–H groups in total. The molecule has 0 aliphatic carbocycles. The summed E-state index contributed by atoms with van der Waals surface area (Å²) in [6.07, 6.45) is 0. The first-order valence-electron chi connectivity index (χ1n) is 19.3. The van der Waals surface area contributed by atoms with Crippen LogP contribution < -0.4 is 0 Å². The maximum atomic E-state index is 4.02. The van der Waals surface area contributed by atoms with E-state index in [1.165, 1.54) is 145 Å². The van der Waals surface area contributed by atoms with Crippen molar-refractivity contribution in [3.05, 3.63) is 0 Å². The lowest BCUT2D eigenvalue weighted by molar-refractivity contribution is 0.993. The smallest absolute Gasteiger partial charge is 0.0524 e. The zero-order valence-electron chi connectivity index (χ0n) is 31.1. The second-order valence-electron chi connectivity index (χ2n) is 15.5. The van der Waals surface area contributed by atoms with E-state index in [-0.39, 0.29) is 0 Å². The fourth-order valence-corrected chi connectivity index (χ4v) is 59.0. The Morgan fingerprint density at radius 2 is 0.224 bits per heavy atom. The van der Waals surface area contributed by atoms with E-state index in [2.05, 4.69) is 123 Å². The second kappa shape index (κ2) is 30.8.